The number of anilines is 2. The van der Waals surface area contributed by atoms with E-state index in [4.69, 9.17) is 14.9 Å². The van der Waals surface area contributed by atoms with Crippen LogP contribution in [-0.4, -0.2) is 56.0 Å². The number of imide groups is 2. The van der Waals surface area contributed by atoms with Crippen molar-refractivity contribution in [1.29, 1.82) is 0 Å². The van der Waals surface area contributed by atoms with Crippen molar-refractivity contribution in [3.63, 3.8) is 0 Å². The van der Waals surface area contributed by atoms with E-state index in [0.717, 1.165) is 34.1 Å². The summed E-state index contributed by atoms with van der Waals surface area (Å²) in [6, 6.07) is 14.7. The minimum absolute atomic E-state index is 0.0208. The molecule has 4 aromatic carbocycles. The average Bonchev–Trinajstić information content (AvgIpc) is 3.35. The van der Waals surface area contributed by atoms with Crippen LogP contribution in [0.1, 0.15) is 62.1 Å². The number of aromatic carboxylic acids is 2. The number of rotatable bonds is 6. The third-order valence-corrected chi connectivity index (χ3v) is 6.89. The van der Waals surface area contributed by atoms with Crippen LogP contribution in [-0.2, 0) is 0 Å². The SMILES string of the molecule is O=C(O)c1ccc(N2C(=O)c3ccc(Oc4ccc5c(c4)C(=O)N(c4ccc(C(=O)O)c(O)c4)C5=O)cc3C2=O)cc1O. The summed E-state index contributed by atoms with van der Waals surface area (Å²) in [6.45, 7) is 0. The highest BCUT2D eigenvalue weighted by Crippen LogP contribution is 2.37. The molecule has 0 saturated carbocycles. The van der Waals surface area contributed by atoms with E-state index in [1.165, 1.54) is 48.5 Å². The van der Waals surface area contributed by atoms with Crippen LogP contribution in [0.5, 0.6) is 23.0 Å². The first-order valence-corrected chi connectivity index (χ1v) is 12.3. The quantitative estimate of drug-likeness (QED) is 0.241. The van der Waals surface area contributed by atoms with Crippen molar-refractivity contribution < 1.29 is 53.9 Å². The first kappa shape index (κ1) is 26.7. The lowest BCUT2D eigenvalue weighted by Gasteiger charge is -2.14. The van der Waals surface area contributed by atoms with Gasteiger partial charge in [0.1, 0.15) is 34.1 Å². The van der Waals surface area contributed by atoms with Gasteiger partial charge in [-0.15, -0.1) is 0 Å². The zero-order valence-corrected chi connectivity index (χ0v) is 21.5. The highest BCUT2D eigenvalue weighted by Gasteiger charge is 2.39. The van der Waals surface area contributed by atoms with Gasteiger partial charge in [0, 0.05) is 12.1 Å². The fourth-order valence-electron chi connectivity index (χ4n) is 4.85. The topological polar surface area (TPSA) is 199 Å². The van der Waals surface area contributed by atoms with E-state index in [2.05, 4.69) is 0 Å². The Morgan fingerprint density at radius 1 is 0.512 bits per heavy atom. The summed E-state index contributed by atoms with van der Waals surface area (Å²) in [5.41, 5.74) is -0.823. The largest absolute Gasteiger partial charge is 0.507 e. The number of hydrogen-bond acceptors (Lipinski definition) is 9. The maximum Gasteiger partial charge on any atom is 0.339 e. The van der Waals surface area contributed by atoms with Crippen LogP contribution in [0.25, 0.3) is 0 Å². The molecule has 6 rings (SSSR count). The smallest absolute Gasteiger partial charge is 0.339 e. The van der Waals surface area contributed by atoms with E-state index >= 15 is 0 Å². The van der Waals surface area contributed by atoms with Crippen molar-refractivity contribution in [3.05, 3.63) is 106 Å². The molecule has 0 spiro atoms. The van der Waals surface area contributed by atoms with Crippen LogP contribution in [0.4, 0.5) is 11.4 Å². The summed E-state index contributed by atoms with van der Waals surface area (Å²) in [5, 5.41) is 38.3. The van der Waals surface area contributed by atoms with Crippen LogP contribution in [0, 0.1) is 0 Å². The predicted molar refractivity (Wildman–Crippen MR) is 145 cm³/mol. The molecule has 212 valence electrons. The standard InChI is InChI=1S/C30H16N2O11/c33-23-9-13(1-5-19(23)29(39)40)31-25(35)17-7-3-15(11-21(17)27(31)37)43-16-4-8-18-22(12-16)28(38)32(26(18)36)14-2-6-20(30(41)42)24(34)10-14/h1-12,33-34H,(H,39,40)(H,41,42). The number of nitrogens with zero attached hydrogens (tertiary/aromatic N) is 2. The lowest BCUT2D eigenvalue weighted by Crippen LogP contribution is -2.29. The fourth-order valence-corrected chi connectivity index (χ4v) is 4.85. The van der Waals surface area contributed by atoms with Gasteiger partial charge < -0.3 is 25.2 Å². The van der Waals surface area contributed by atoms with E-state index in [1.807, 2.05) is 0 Å². The van der Waals surface area contributed by atoms with Gasteiger partial charge in [0.05, 0.1) is 33.6 Å². The van der Waals surface area contributed by atoms with Crippen LogP contribution in [0.3, 0.4) is 0 Å². The van der Waals surface area contributed by atoms with Crippen LogP contribution < -0.4 is 14.5 Å². The molecule has 13 nitrogen and oxygen atoms in total. The number of hydrogen-bond donors (Lipinski definition) is 4. The Hall–Kier alpha value is -6.50. The summed E-state index contributed by atoms with van der Waals surface area (Å²) >= 11 is 0. The maximum atomic E-state index is 13.1. The number of carbonyl (C=O) groups excluding carboxylic acids is 4. The minimum Gasteiger partial charge on any atom is -0.507 e. The molecule has 4 aromatic rings. The third kappa shape index (κ3) is 4.19. The Kier molecular flexibility index (Phi) is 5.93. The molecule has 0 atom stereocenters. The molecule has 0 unspecified atom stereocenters. The van der Waals surface area contributed by atoms with Gasteiger partial charge in [-0.05, 0) is 60.7 Å². The van der Waals surface area contributed by atoms with Gasteiger partial charge in [0.15, 0.2) is 0 Å². The van der Waals surface area contributed by atoms with Crippen LogP contribution >= 0.6 is 0 Å². The molecule has 0 aromatic heterocycles. The molecule has 0 radical (unpaired) electrons. The Morgan fingerprint density at radius 2 is 0.884 bits per heavy atom. The fraction of sp³-hybridized carbons (Fsp3) is 0. The first-order chi connectivity index (χ1) is 20.5. The summed E-state index contributed by atoms with van der Waals surface area (Å²) in [6.07, 6.45) is 0. The lowest BCUT2D eigenvalue weighted by atomic mass is 10.1. The normalized spacial score (nSPS) is 13.8. The molecule has 43 heavy (non-hydrogen) atoms. The lowest BCUT2D eigenvalue weighted by molar-refractivity contribution is 0.0682. The number of carboxylic acid groups (broad SMARTS) is 2. The average molecular weight is 580 g/mol. The summed E-state index contributed by atoms with van der Waals surface area (Å²) in [4.78, 5) is 76.2. The second-order valence-electron chi connectivity index (χ2n) is 9.42. The van der Waals surface area contributed by atoms with Crippen molar-refractivity contribution in [3.8, 4) is 23.0 Å². The number of benzene rings is 4. The van der Waals surface area contributed by atoms with Crippen molar-refractivity contribution in [1.82, 2.24) is 0 Å². The first-order valence-electron chi connectivity index (χ1n) is 12.3. The molecule has 0 aliphatic carbocycles. The summed E-state index contributed by atoms with van der Waals surface area (Å²) < 4.78 is 5.83. The van der Waals surface area contributed by atoms with Gasteiger partial charge in [0.25, 0.3) is 23.6 Å². The molecule has 4 amide bonds. The van der Waals surface area contributed by atoms with E-state index in [-0.39, 0.29) is 45.1 Å². The molecular weight excluding hydrogens is 564 g/mol. The highest BCUT2D eigenvalue weighted by molar-refractivity contribution is 6.35. The van der Waals surface area contributed by atoms with Gasteiger partial charge in [-0.2, -0.15) is 0 Å². The summed E-state index contributed by atoms with van der Waals surface area (Å²) in [5.74, 6) is -6.64. The monoisotopic (exact) mass is 580 g/mol. The second kappa shape index (κ2) is 9.55. The number of fused-ring (bicyclic) bond motifs is 2. The molecule has 2 aliphatic rings. The van der Waals surface area contributed by atoms with Gasteiger partial charge >= 0.3 is 11.9 Å². The summed E-state index contributed by atoms with van der Waals surface area (Å²) in [7, 11) is 0. The van der Waals surface area contributed by atoms with Crippen molar-refractivity contribution >= 4 is 46.9 Å². The van der Waals surface area contributed by atoms with Gasteiger partial charge in [-0.25, -0.2) is 19.4 Å². The van der Waals surface area contributed by atoms with Crippen molar-refractivity contribution in [2.24, 2.45) is 0 Å². The van der Waals surface area contributed by atoms with Crippen LogP contribution in [0.15, 0.2) is 72.8 Å². The Morgan fingerprint density at radius 3 is 1.23 bits per heavy atom. The molecule has 2 aliphatic heterocycles. The zero-order chi connectivity index (χ0) is 30.7. The molecule has 4 N–H and O–H groups in total. The van der Waals surface area contributed by atoms with E-state index in [9.17, 15) is 39.0 Å². The Labute approximate surface area is 240 Å². The van der Waals surface area contributed by atoms with Crippen LogP contribution in [0.2, 0.25) is 0 Å². The molecule has 2 heterocycles. The predicted octanol–water partition coefficient (Wildman–Crippen LogP) is 3.89. The van der Waals surface area contributed by atoms with E-state index in [1.54, 1.807) is 0 Å². The third-order valence-electron chi connectivity index (χ3n) is 6.89. The molecular formula is C30H16N2O11. The van der Waals surface area contributed by atoms with E-state index in [0.29, 0.717) is 0 Å². The highest BCUT2D eigenvalue weighted by atomic mass is 16.5. The van der Waals surface area contributed by atoms with Crippen molar-refractivity contribution in [2.75, 3.05) is 9.80 Å². The van der Waals surface area contributed by atoms with E-state index < -0.39 is 58.2 Å². The second-order valence-corrected chi connectivity index (χ2v) is 9.42. The molecule has 0 fully saturated rings. The number of aromatic hydroxyl groups is 2. The number of ether oxygens (including phenoxy) is 1. The van der Waals surface area contributed by atoms with Gasteiger partial charge in [-0.3, -0.25) is 19.2 Å². The zero-order valence-electron chi connectivity index (χ0n) is 21.5. The van der Waals surface area contributed by atoms with Gasteiger partial charge in [-0.1, -0.05) is 0 Å². The number of phenols is 2. The molecule has 0 bridgehead atoms. The Balaban J connectivity index is 1.25. The number of amides is 4. The Bertz CT molecular complexity index is 1840. The molecule has 13 heteroatoms. The number of carboxylic acids is 2. The molecule has 0 saturated heterocycles. The van der Waals surface area contributed by atoms with Gasteiger partial charge in [0.2, 0.25) is 0 Å². The maximum absolute atomic E-state index is 13.1. The van der Waals surface area contributed by atoms with Crippen molar-refractivity contribution in [2.45, 2.75) is 0 Å². The minimum atomic E-state index is -1.38. The number of carbonyl (C=O) groups is 6.